The molecule has 0 spiro atoms. The van der Waals surface area contributed by atoms with Crippen molar-refractivity contribution in [3.63, 3.8) is 0 Å². The number of nitro benzene ring substituents is 1. The van der Waals surface area contributed by atoms with Crippen LogP contribution in [0.4, 0.5) is 5.69 Å². The lowest BCUT2D eigenvalue weighted by molar-refractivity contribution is -0.525. The number of ketones is 1. The Hall–Kier alpha value is -12.1. The maximum atomic E-state index is 11.1. The summed E-state index contributed by atoms with van der Waals surface area (Å²) < 4.78 is 22.3. The van der Waals surface area contributed by atoms with Crippen LogP contribution in [0.3, 0.4) is 0 Å². The molecule has 0 bridgehead atoms. The number of aliphatic carboxylic acids is 5. The number of aromatic amines is 1. The zero-order valence-electron chi connectivity index (χ0n) is 75.1. The van der Waals surface area contributed by atoms with E-state index in [0.717, 1.165) is 63.6 Å². The first-order valence-electron chi connectivity index (χ1n) is 41.1. The number of carbonyl (C=O) groups excluding carboxylic acids is 1. The Kier molecular flexibility index (Phi) is 70.0. The number of H-pyrrole nitrogens is 1. The number of rotatable bonds is 48. The van der Waals surface area contributed by atoms with E-state index < -0.39 is 103 Å². The van der Waals surface area contributed by atoms with Gasteiger partial charge in [-0.05, 0) is 182 Å². The molecule has 736 valence electrons. The third-order valence-electron chi connectivity index (χ3n) is 16.7. The van der Waals surface area contributed by atoms with Crippen molar-refractivity contribution >= 4 is 143 Å². The first-order chi connectivity index (χ1) is 62.1. The number of non-ortho nitro benzene ring substituents is 1. The van der Waals surface area contributed by atoms with Gasteiger partial charge in [-0.3, -0.25) is 69.1 Å². The Labute approximate surface area is 780 Å². The van der Waals surface area contributed by atoms with E-state index in [9.17, 15) is 57.4 Å². The lowest BCUT2D eigenvalue weighted by Gasteiger charge is -2.06. The molecule has 6 rings (SSSR count). The van der Waals surface area contributed by atoms with Crippen LogP contribution in [0.2, 0.25) is 5.02 Å². The second kappa shape index (κ2) is 74.5. The van der Waals surface area contributed by atoms with Gasteiger partial charge in [0.25, 0.3) is 11.6 Å². The molecule has 0 amide bonds. The number of thiophene rings is 1. The largest absolute Gasteiger partial charge is 0.480 e. The highest BCUT2D eigenvalue weighted by Gasteiger charge is 2.28. The number of hydrogen-bond acceptors (Lipinski definition) is 32. The van der Waals surface area contributed by atoms with Crippen LogP contribution in [-0.4, -0.2) is 247 Å². The van der Waals surface area contributed by atoms with Crippen molar-refractivity contribution in [1.29, 1.82) is 5.41 Å². The average Bonchev–Trinajstić information content (AvgIpc) is 1.69. The number of aliphatic hydroxyl groups excluding tert-OH is 1. The van der Waals surface area contributed by atoms with E-state index in [-0.39, 0.29) is 37.1 Å². The van der Waals surface area contributed by atoms with Crippen LogP contribution in [0.25, 0.3) is 10.9 Å². The number of nitrogens with two attached hydrogens (primary N) is 15. The number of aliphatic hydroxyl groups is 1. The molecule has 2 aromatic heterocycles. The van der Waals surface area contributed by atoms with E-state index in [2.05, 4.69) is 81.5 Å². The van der Waals surface area contributed by atoms with Gasteiger partial charge >= 0.3 is 29.8 Å². The van der Waals surface area contributed by atoms with E-state index in [1.807, 2.05) is 53.9 Å². The number of halogens is 1. The number of amidine groups is 6. The van der Waals surface area contributed by atoms with Crippen molar-refractivity contribution in [2.45, 2.75) is 180 Å². The fourth-order valence-corrected chi connectivity index (χ4v) is 12.3. The van der Waals surface area contributed by atoms with Crippen LogP contribution >= 0.6 is 34.7 Å². The summed E-state index contributed by atoms with van der Waals surface area (Å²) in [7, 11) is -3.84. The van der Waals surface area contributed by atoms with Gasteiger partial charge < -0.3 is 122 Å². The number of fused-ring (bicyclic) bond motifs is 1. The predicted octanol–water partition coefficient (Wildman–Crippen LogP) is 2.86. The highest BCUT2D eigenvalue weighted by molar-refractivity contribution is 7.99. The highest BCUT2D eigenvalue weighted by Crippen LogP contribution is 2.22. The van der Waals surface area contributed by atoms with E-state index in [1.165, 1.54) is 42.5 Å². The number of aliphatic imine (C=N–C) groups is 7. The minimum atomic E-state index is -3.84. The number of unbranched alkanes of at least 4 members (excludes halogenated alkanes) is 2. The highest BCUT2D eigenvalue weighted by atomic mass is 35.5. The number of nitrogens with one attached hydrogen (secondary N) is 3. The third kappa shape index (κ3) is 68.0. The summed E-state index contributed by atoms with van der Waals surface area (Å²) in [5.74, 6) is -2.12. The molecular weight excluding hydrogens is 1800 g/mol. The molecule has 6 aromatic rings. The SMILES string of the molecule is CC(N)=NCCCC[C@@H](N)C(=O)O.CC(N)=NCCC[C@@H](N)C(=O)O.CC(N)=NCCS(=O)(=O)C(N)C(=O)O.CC(N)=NCCSCCC(N)C(=O)O.CC(N)=NCc1cccc(CN)c1.N=C(Cc1ccc(CCCCc2cccc(Cl)c2)cc1)c1cccs1.NC(=NCCC[C@H](N)C(=O)CO)N[N+](=O)[O-].NCC(N)=NCCC[C@H](N)C(=O)O.O=[N+]([O-])c1cccc2cn[nH]c12. The molecule has 39 N–H and O–H groups in total. The van der Waals surface area contributed by atoms with Gasteiger partial charge in [0.2, 0.25) is 5.37 Å². The molecule has 0 radical (unpaired) electrons. The third-order valence-corrected chi connectivity index (χ3v) is 20.6. The van der Waals surface area contributed by atoms with Crippen molar-refractivity contribution in [2.75, 3.05) is 69.7 Å². The average molecular weight is 1930 g/mol. The standard InChI is InChI=1S/C22H22ClNS.C10H15N3.C8H17N3O2S.C8H17N3O2.C7H15N5O4.C7H16N4O2.C7H5N3O2.C7H15N3O2.C6H13N3O4S/c23-20-8-3-7-18(15-20)6-2-1-5-17-10-12-19(13-11-17)16-21(24)22-9-4-14-25-22;1-8(12)13-7-10-4-2-3-9(5-10)6-11;1-6(9)11-3-5-14-4-2-7(10)8(12)13;1-6(9)11-5-3-2-4-7(10)8(12)13;8-5(6(14)4-13)2-1-3-10-7(9)11-12(15)16;8-4-6(10)11-3-1-2-5(9)7(12)13;11-10(12)6-3-1-2-5-4-8-9-7(5)6;1-5(8)10-4-2-3-6(9)7(11)12;1-4(7)9-2-3-14(12,13)5(8)6(10)11/h3-4,7-15,24H,1-2,5-6,16H2;2-5H,6-7,11H2,1H3,(H2,12,13);7H,2-5,10H2,1H3,(H2,9,11)(H,12,13);7H,2-5,10H2,1H3,(H2,9,11)(H,12,13);5,13H,1-4,8H2,(H3,9,10,11);5H,1-4,8-9H2,(H2,10,11)(H,12,13);1-4H,(H,8,9);6H,2-4,9H2,1H3,(H2,8,10)(H,11,12);5H,2-3,8H2,1H3,(H2,7,9)(H,10,11)/t;;;7-;2*5-;;6-;/m...100.1./s1. The summed E-state index contributed by atoms with van der Waals surface area (Å²) in [6.45, 7) is 11.8. The monoisotopic (exact) mass is 1930 g/mol. The number of benzene rings is 4. The van der Waals surface area contributed by atoms with Crippen LogP contribution in [0, 0.1) is 25.6 Å². The Morgan fingerprint density at radius 2 is 1.01 bits per heavy atom. The minimum absolute atomic E-state index is 0.0602. The number of hydrazine groups is 1. The fraction of sp³-hybridized carbons (Fsp3) is 0.476. The topological polar surface area (TPSA) is 886 Å². The molecular formula is C82H135ClN28O18S3. The first kappa shape index (κ1) is 124. The Morgan fingerprint density at radius 1 is 0.538 bits per heavy atom. The van der Waals surface area contributed by atoms with Gasteiger partial charge in [0.15, 0.2) is 20.7 Å². The number of para-hydroxylation sites is 1. The Balaban J connectivity index is -0.00000144. The zero-order valence-corrected chi connectivity index (χ0v) is 78.3. The summed E-state index contributed by atoms with van der Waals surface area (Å²) in [5.41, 5.74) is 88.3. The van der Waals surface area contributed by atoms with E-state index >= 15 is 0 Å². The van der Waals surface area contributed by atoms with E-state index in [4.69, 9.17) is 134 Å². The molecule has 6 atom stereocenters. The second-order valence-corrected chi connectivity index (χ2v) is 33.3. The molecule has 46 nitrogen and oxygen atoms in total. The number of aryl methyl sites for hydroxylation is 2. The maximum absolute atomic E-state index is 11.1. The van der Waals surface area contributed by atoms with Gasteiger partial charge in [0, 0.05) is 72.8 Å². The number of aromatic nitrogens is 2. The molecule has 0 saturated heterocycles. The number of hydrogen-bond donors (Lipinski definition) is 24. The van der Waals surface area contributed by atoms with Crippen molar-refractivity contribution in [3.05, 3.63) is 173 Å². The van der Waals surface area contributed by atoms with Crippen molar-refractivity contribution in [3.8, 4) is 0 Å². The summed E-state index contributed by atoms with van der Waals surface area (Å²) in [6.07, 6.45) is 12.3. The number of guanidine groups is 1. The van der Waals surface area contributed by atoms with Crippen LogP contribution in [0.15, 0.2) is 150 Å². The van der Waals surface area contributed by atoms with Crippen LogP contribution in [-0.2, 0) is 71.0 Å². The van der Waals surface area contributed by atoms with Gasteiger partial charge in [-0.25, -0.2) is 28.3 Å². The number of nitrogens with zero attached hydrogens (tertiary/aromatic N) is 10. The lowest BCUT2D eigenvalue weighted by atomic mass is 10.0. The fourth-order valence-electron chi connectivity index (χ4n) is 9.63. The van der Waals surface area contributed by atoms with Crippen molar-refractivity contribution < 1.29 is 77.8 Å². The number of carbonyl (C=O) groups is 6. The molecule has 0 fully saturated rings. The van der Waals surface area contributed by atoms with Crippen LogP contribution in [0.1, 0.15) is 144 Å². The van der Waals surface area contributed by atoms with Crippen LogP contribution in [0.5, 0.6) is 0 Å². The summed E-state index contributed by atoms with van der Waals surface area (Å²) in [6, 6.07) is 30.0. The quantitative estimate of drug-likeness (QED) is 0.00858. The predicted molar refractivity (Wildman–Crippen MR) is 524 cm³/mol. The minimum Gasteiger partial charge on any atom is -0.480 e. The molecule has 0 aliphatic heterocycles. The first-order valence-corrected chi connectivity index (χ1v) is 45.2. The van der Waals surface area contributed by atoms with E-state index in [0.29, 0.717) is 137 Å². The number of carboxylic acid groups (broad SMARTS) is 5. The van der Waals surface area contributed by atoms with Crippen molar-refractivity contribution in [2.24, 2.45) is 121 Å². The summed E-state index contributed by atoms with van der Waals surface area (Å²) >= 11 is 9.29. The van der Waals surface area contributed by atoms with Gasteiger partial charge in [-0.2, -0.15) is 16.9 Å². The Morgan fingerprint density at radius 3 is 1.50 bits per heavy atom. The zero-order chi connectivity index (χ0) is 101. The smallest absolute Gasteiger partial charge is 0.336 e. The summed E-state index contributed by atoms with van der Waals surface area (Å²) in [5, 5.41) is 86.4. The lowest BCUT2D eigenvalue weighted by Crippen LogP contribution is -2.40. The number of thioether (sulfide) groups is 1. The molecule has 132 heavy (non-hydrogen) atoms. The Bertz CT molecular complexity index is 4700. The number of carboxylic acids is 5. The summed E-state index contributed by atoms with van der Waals surface area (Å²) in [4.78, 5) is 110. The maximum Gasteiger partial charge on any atom is 0.336 e. The van der Waals surface area contributed by atoms with Gasteiger partial charge in [-0.15, -0.1) is 11.3 Å². The molecule has 4 aromatic carbocycles. The number of sulfone groups is 1. The molecule has 50 heteroatoms. The van der Waals surface area contributed by atoms with E-state index in [1.54, 1.807) is 74.5 Å². The van der Waals surface area contributed by atoms with Gasteiger partial charge in [0.05, 0.1) is 77.4 Å². The normalized spacial score (nSPS) is 12.9. The molecule has 0 saturated carbocycles. The molecule has 0 aliphatic rings. The van der Waals surface area contributed by atoms with Crippen molar-refractivity contribution in [1.82, 2.24) is 15.6 Å². The molecule has 2 heterocycles. The van der Waals surface area contributed by atoms with Gasteiger partial charge in [-0.1, -0.05) is 95.9 Å². The number of Topliss-reactive ketones (excluding diaryl/α,β-unsaturated/α-hetero) is 1. The molecule has 2 unspecified atom stereocenters. The number of nitro groups is 2. The van der Waals surface area contributed by atoms with Crippen LogP contribution < -0.4 is 91.4 Å². The second-order valence-electron chi connectivity index (χ2n) is 28.4. The van der Waals surface area contributed by atoms with Gasteiger partial charge in [0.1, 0.15) is 42.1 Å². The molecule has 0 aliphatic carbocycles.